The van der Waals surface area contributed by atoms with Gasteiger partial charge in [-0.2, -0.15) is 0 Å². The van der Waals surface area contributed by atoms with Gasteiger partial charge in [-0.15, -0.1) is 0 Å². The second-order valence-corrected chi connectivity index (χ2v) is 6.32. The van der Waals surface area contributed by atoms with Gasteiger partial charge in [0.15, 0.2) is 0 Å². The van der Waals surface area contributed by atoms with E-state index in [1.54, 1.807) is 7.11 Å². The molecule has 0 atom stereocenters. The summed E-state index contributed by atoms with van der Waals surface area (Å²) in [6.07, 6.45) is 5.39. The lowest BCUT2D eigenvalue weighted by Crippen LogP contribution is -2.17. The number of hydrogen-bond acceptors (Lipinski definition) is 4. The number of hydrogen-bond donors (Lipinski definition) is 2. The first-order chi connectivity index (χ1) is 11.6. The van der Waals surface area contributed by atoms with Gasteiger partial charge in [0, 0.05) is 11.4 Å². The Labute approximate surface area is 142 Å². The van der Waals surface area contributed by atoms with Crippen molar-refractivity contribution in [2.24, 2.45) is 0 Å². The van der Waals surface area contributed by atoms with Gasteiger partial charge in [-0.25, -0.2) is 0 Å². The van der Waals surface area contributed by atoms with Gasteiger partial charge in [-0.1, -0.05) is 6.92 Å². The molecule has 5 nitrogen and oxygen atoms in total. The number of nitrogens with one attached hydrogen (secondary N) is 2. The number of aromatic nitrogens is 2. The highest BCUT2D eigenvalue weighted by atomic mass is 16.5. The summed E-state index contributed by atoms with van der Waals surface area (Å²) in [6, 6.07) is 4.04. The number of pyridine rings is 2. The van der Waals surface area contributed by atoms with Crippen LogP contribution in [0.15, 0.2) is 16.9 Å². The number of fused-ring (bicyclic) bond motifs is 1. The van der Waals surface area contributed by atoms with Crippen LogP contribution in [0, 0.1) is 6.92 Å². The maximum Gasteiger partial charge on any atom is 0.271 e. The Balaban J connectivity index is 1.85. The van der Waals surface area contributed by atoms with Gasteiger partial charge < -0.3 is 15.0 Å². The smallest absolute Gasteiger partial charge is 0.271 e. The van der Waals surface area contributed by atoms with Gasteiger partial charge in [-0.05, 0) is 62.3 Å². The average Bonchev–Trinajstić information content (AvgIpc) is 2.60. The minimum atomic E-state index is -0.0957. The molecule has 0 fully saturated rings. The van der Waals surface area contributed by atoms with E-state index in [1.165, 1.54) is 24.1 Å². The summed E-state index contributed by atoms with van der Waals surface area (Å²) in [5.41, 5.74) is 5.88. The molecule has 2 aromatic heterocycles. The van der Waals surface area contributed by atoms with Crippen molar-refractivity contribution in [3.05, 3.63) is 50.7 Å². The fourth-order valence-corrected chi connectivity index (χ4v) is 3.30. The molecule has 3 rings (SSSR count). The van der Waals surface area contributed by atoms with Crippen LogP contribution in [0.2, 0.25) is 0 Å². The summed E-state index contributed by atoms with van der Waals surface area (Å²) in [6.45, 7) is 4.49. The molecule has 5 heteroatoms. The van der Waals surface area contributed by atoms with E-state index in [2.05, 4.69) is 23.3 Å². The zero-order valence-electron chi connectivity index (χ0n) is 14.7. The van der Waals surface area contributed by atoms with Crippen molar-refractivity contribution < 1.29 is 4.74 Å². The van der Waals surface area contributed by atoms with Crippen molar-refractivity contribution in [1.82, 2.24) is 9.97 Å². The Morgan fingerprint density at radius 1 is 1.29 bits per heavy atom. The minimum Gasteiger partial charge on any atom is -0.495 e. The third-order valence-corrected chi connectivity index (χ3v) is 4.73. The van der Waals surface area contributed by atoms with E-state index < -0.39 is 0 Å². The van der Waals surface area contributed by atoms with Gasteiger partial charge in [-0.3, -0.25) is 9.78 Å². The van der Waals surface area contributed by atoms with Crippen LogP contribution in [0.1, 0.15) is 48.0 Å². The second kappa shape index (κ2) is 7.07. The first-order valence-corrected chi connectivity index (χ1v) is 8.64. The molecule has 1 aliphatic rings. The van der Waals surface area contributed by atoms with Crippen LogP contribution in [0.3, 0.4) is 0 Å². The first-order valence-electron chi connectivity index (χ1n) is 8.64. The summed E-state index contributed by atoms with van der Waals surface area (Å²) < 4.78 is 5.51. The van der Waals surface area contributed by atoms with Crippen molar-refractivity contribution in [2.45, 2.75) is 52.5 Å². The van der Waals surface area contributed by atoms with Crippen LogP contribution in [-0.4, -0.2) is 17.1 Å². The SMILES string of the molecule is CCc1cc(NCc2nc3c(cc2OC)CCCC3)c(=O)[nH]c1C. The molecule has 0 aliphatic heterocycles. The molecule has 2 heterocycles. The molecule has 2 aromatic rings. The highest BCUT2D eigenvalue weighted by Gasteiger charge is 2.16. The zero-order valence-corrected chi connectivity index (χ0v) is 14.7. The van der Waals surface area contributed by atoms with Gasteiger partial charge in [0.1, 0.15) is 17.1 Å². The molecule has 1 aliphatic carbocycles. The van der Waals surface area contributed by atoms with Gasteiger partial charge in [0.05, 0.1) is 13.7 Å². The van der Waals surface area contributed by atoms with Crippen molar-refractivity contribution in [3.8, 4) is 5.75 Å². The van der Waals surface area contributed by atoms with E-state index in [0.717, 1.165) is 42.0 Å². The van der Waals surface area contributed by atoms with Crippen LogP contribution in [-0.2, 0) is 25.8 Å². The van der Waals surface area contributed by atoms with Crippen LogP contribution in [0.5, 0.6) is 5.75 Å². The molecule has 0 saturated carbocycles. The quantitative estimate of drug-likeness (QED) is 0.885. The minimum absolute atomic E-state index is 0.0957. The summed E-state index contributed by atoms with van der Waals surface area (Å²) in [4.78, 5) is 19.8. The van der Waals surface area contributed by atoms with Crippen LogP contribution in [0.25, 0.3) is 0 Å². The summed E-state index contributed by atoms with van der Waals surface area (Å²) in [5.74, 6) is 0.794. The predicted molar refractivity (Wildman–Crippen MR) is 95.9 cm³/mol. The molecule has 24 heavy (non-hydrogen) atoms. The molecule has 0 radical (unpaired) electrons. The summed E-state index contributed by atoms with van der Waals surface area (Å²) in [5, 5.41) is 3.23. The number of nitrogens with zero attached hydrogens (tertiary/aromatic N) is 1. The maximum absolute atomic E-state index is 12.1. The van der Waals surface area contributed by atoms with E-state index in [4.69, 9.17) is 9.72 Å². The third-order valence-electron chi connectivity index (χ3n) is 4.73. The molecular formula is C19H25N3O2. The fraction of sp³-hybridized carbons (Fsp3) is 0.474. The molecule has 0 bridgehead atoms. The number of H-pyrrole nitrogens is 1. The van der Waals surface area contributed by atoms with Crippen molar-refractivity contribution in [2.75, 3.05) is 12.4 Å². The molecule has 0 unspecified atom stereocenters. The highest BCUT2D eigenvalue weighted by molar-refractivity contribution is 5.46. The van der Waals surface area contributed by atoms with E-state index >= 15 is 0 Å². The lowest BCUT2D eigenvalue weighted by atomic mass is 9.95. The Hall–Kier alpha value is -2.30. The highest BCUT2D eigenvalue weighted by Crippen LogP contribution is 2.26. The van der Waals surface area contributed by atoms with Gasteiger partial charge >= 0.3 is 0 Å². The molecule has 0 saturated heterocycles. The molecular weight excluding hydrogens is 302 g/mol. The first kappa shape index (κ1) is 16.6. The second-order valence-electron chi connectivity index (χ2n) is 6.32. The van der Waals surface area contributed by atoms with E-state index in [1.807, 2.05) is 13.0 Å². The molecule has 2 N–H and O–H groups in total. The van der Waals surface area contributed by atoms with Crippen LogP contribution >= 0.6 is 0 Å². The number of anilines is 1. The number of methoxy groups -OCH3 is 1. The van der Waals surface area contributed by atoms with Crippen LogP contribution in [0.4, 0.5) is 5.69 Å². The molecule has 0 amide bonds. The fourth-order valence-electron chi connectivity index (χ4n) is 3.30. The van der Waals surface area contributed by atoms with Gasteiger partial charge in [0.2, 0.25) is 0 Å². The van der Waals surface area contributed by atoms with E-state index in [9.17, 15) is 4.79 Å². The number of ether oxygens (including phenoxy) is 1. The molecule has 0 spiro atoms. The monoisotopic (exact) mass is 327 g/mol. The molecule has 128 valence electrons. The standard InChI is InChI=1S/C19H25N3O2/c1-4-13-9-16(19(23)21-12(13)2)20-11-17-18(24-3)10-14-7-5-6-8-15(14)22-17/h9-10,20H,4-8,11H2,1-3H3,(H,21,23). The lowest BCUT2D eigenvalue weighted by molar-refractivity contribution is 0.405. The number of aryl methyl sites for hydroxylation is 4. The number of rotatable bonds is 5. The van der Waals surface area contributed by atoms with Gasteiger partial charge in [0.25, 0.3) is 5.56 Å². The lowest BCUT2D eigenvalue weighted by Gasteiger charge is -2.18. The third kappa shape index (κ3) is 3.30. The van der Waals surface area contributed by atoms with Crippen molar-refractivity contribution in [1.29, 1.82) is 0 Å². The summed E-state index contributed by atoms with van der Waals surface area (Å²) in [7, 11) is 1.67. The van der Waals surface area contributed by atoms with Crippen molar-refractivity contribution in [3.63, 3.8) is 0 Å². The average molecular weight is 327 g/mol. The zero-order chi connectivity index (χ0) is 17.1. The molecule has 0 aromatic carbocycles. The van der Waals surface area contributed by atoms with E-state index in [0.29, 0.717) is 12.2 Å². The Kier molecular flexibility index (Phi) is 4.88. The largest absolute Gasteiger partial charge is 0.495 e. The van der Waals surface area contributed by atoms with Crippen LogP contribution < -0.4 is 15.6 Å². The predicted octanol–water partition coefficient (Wildman–Crippen LogP) is 3.14. The Morgan fingerprint density at radius 3 is 2.83 bits per heavy atom. The maximum atomic E-state index is 12.1. The van der Waals surface area contributed by atoms with E-state index in [-0.39, 0.29) is 5.56 Å². The van der Waals surface area contributed by atoms with Crippen molar-refractivity contribution >= 4 is 5.69 Å². The topological polar surface area (TPSA) is 67.0 Å². The number of aromatic amines is 1. The summed E-state index contributed by atoms with van der Waals surface area (Å²) >= 11 is 0. The Morgan fingerprint density at radius 2 is 2.08 bits per heavy atom. The normalized spacial score (nSPS) is 13.5. The Bertz CT molecular complexity index is 796.